The molecule has 0 spiro atoms. The van der Waals surface area contributed by atoms with Crippen molar-refractivity contribution in [3.63, 3.8) is 0 Å². The molecular weight excluding hydrogens is 250 g/mol. The first-order valence-electron chi connectivity index (χ1n) is 6.13. The molecule has 0 aliphatic heterocycles. The Morgan fingerprint density at radius 3 is 2.89 bits per heavy atom. The van der Waals surface area contributed by atoms with Gasteiger partial charge in [-0.2, -0.15) is 0 Å². The summed E-state index contributed by atoms with van der Waals surface area (Å²) in [7, 11) is 0. The van der Waals surface area contributed by atoms with Crippen LogP contribution < -0.4 is 17.0 Å². The van der Waals surface area contributed by atoms with Crippen LogP contribution in [0.3, 0.4) is 0 Å². The van der Waals surface area contributed by atoms with E-state index in [0.717, 1.165) is 24.1 Å². The van der Waals surface area contributed by atoms with Crippen LogP contribution in [0.5, 0.6) is 0 Å². The molecule has 0 fully saturated rings. The Labute approximate surface area is 108 Å². The lowest BCUT2D eigenvalue weighted by atomic mass is 10.2. The van der Waals surface area contributed by atoms with Gasteiger partial charge in [-0.25, -0.2) is 4.79 Å². The number of nitrogens with zero attached hydrogens (tertiary/aromatic N) is 1. The van der Waals surface area contributed by atoms with Crippen LogP contribution in [-0.2, 0) is 13.0 Å². The van der Waals surface area contributed by atoms with Gasteiger partial charge < -0.3 is 5.73 Å². The third-order valence-corrected chi connectivity index (χ3v) is 3.96. The lowest BCUT2D eigenvalue weighted by molar-refractivity contribution is 0.647. The molecule has 2 heterocycles. The number of thiophene rings is 1. The number of hydrogen-bond acceptors (Lipinski definition) is 4. The molecule has 0 aliphatic carbocycles. The summed E-state index contributed by atoms with van der Waals surface area (Å²) in [5.74, 6) is 0. The van der Waals surface area contributed by atoms with Crippen LogP contribution in [0.2, 0.25) is 0 Å². The fourth-order valence-electron chi connectivity index (χ4n) is 1.90. The molecule has 0 saturated carbocycles. The fraction of sp³-hybridized carbons (Fsp3) is 0.500. The second-order valence-corrected chi connectivity index (χ2v) is 5.37. The summed E-state index contributed by atoms with van der Waals surface area (Å²) in [5.41, 5.74) is 4.79. The zero-order valence-corrected chi connectivity index (χ0v) is 11.2. The number of aryl methyl sites for hydroxylation is 1. The van der Waals surface area contributed by atoms with Gasteiger partial charge in [0.1, 0.15) is 4.83 Å². The number of hydrogen-bond donors (Lipinski definition) is 2. The Morgan fingerprint density at radius 1 is 1.44 bits per heavy atom. The van der Waals surface area contributed by atoms with Crippen LogP contribution in [0.4, 0.5) is 0 Å². The minimum absolute atomic E-state index is 0.238. The minimum atomic E-state index is -0.373. The first-order chi connectivity index (χ1) is 8.67. The van der Waals surface area contributed by atoms with E-state index < -0.39 is 0 Å². The predicted molar refractivity (Wildman–Crippen MR) is 74.4 cm³/mol. The van der Waals surface area contributed by atoms with Crippen molar-refractivity contribution in [3.05, 3.63) is 31.8 Å². The summed E-state index contributed by atoms with van der Waals surface area (Å²) >= 11 is 1.49. The van der Waals surface area contributed by atoms with Crippen LogP contribution >= 0.6 is 11.3 Å². The smallest absolute Gasteiger partial charge is 0.329 e. The van der Waals surface area contributed by atoms with E-state index in [-0.39, 0.29) is 24.3 Å². The predicted octanol–water partition coefficient (Wildman–Crippen LogP) is 1.05. The monoisotopic (exact) mass is 267 g/mol. The van der Waals surface area contributed by atoms with Crippen molar-refractivity contribution in [2.75, 3.05) is 6.54 Å². The van der Waals surface area contributed by atoms with Gasteiger partial charge in [-0.05, 0) is 18.9 Å². The molecule has 0 aliphatic rings. The molecule has 0 unspecified atom stereocenters. The molecule has 0 atom stereocenters. The molecule has 2 rings (SSSR count). The van der Waals surface area contributed by atoms with Gasteiger partial charge in [-0.15, -0.1) is 11.3 Å². The molecular formula is C12H17N3O2S. The summed E-state index contributed by atoms with van der Waals surface area (Å²) in [5, 5.41) is 0.596. The number of aromatic nitrogens is 2. The maximum Gasteiger partial charge on any atom is 0.329 e. The van der Waals surface area contributed by atoms with Crippen LogP contribution in [0.1, 0.15) is 24.6 Å². The van der Waals surface area contributed by atoms with E-state index in [2.05, 4.69) is 11.9 Å². The van der Waals surface area contributed by atoms with Gasteiger partial charge in [0.2, 0.25) is 0 Å². The molecule has 0 bridgehead atoms. The summed E-state index contributed by atoms with van der Waals surface area (Å²) in [4.78, 5) is 28.4. The molecule has 0 radical (unpaired) electrons. The average Bonchev–Trinajstić information content (AvgIpc) is 2.75. The van der Waals surface area contributed by atoms with E-state index in [4.69, 9.17) is 5.73 Å². The van der Waals surface area contributed by atoms with Crippen molar-refractivity contribution in [2.45, 2.75) is 32.7 Å². The highest BCUT2D eigenvalue weighted by atomic mass is 32.1. The minimum Gasteiger partial charge on any atom is -0.329 e. The van der Waals surface area contributed by atoms with Gasteiger partial charge in [0.15, 0.2) is 0 Å². The highest BCUT2D eigenvalue weighted by Gasteiger charge is 2.10. The number of H-pyrrole nitrogens is 1. The maximum atomic E-state index is 12.1. The van der Waals surface area contributed by atoms with Crippen molar-refractivity contribution in [3.8, 4) is 0 Å². The number of nitrogens with two attached hydrogens (primary N) is 1. The van der Waals surface area contributed by atoms with Crippen molar-refractivity contribution >= 4 is 21.6 Å². The fourth-order valence-corrected chi connectivity index (χ4v) is 2.98. The van der Waals surface area contributed by atoms with Gasteiger partial charge >= 0.3 is 5.69 Å². The van der Waals surface area contributed by atoms with E-state index in [1.54, 1.807) is 0 Å². The molecule has 0 saturated heterocycles. The quantitative estimate of drug-likeness (QED) is 0.849. The lowest BCUT2D eigenvalue weighted by Gasteiger charge is -2.00. The number of nitrogens with one attached hydrogen (secondary N) is 1. The lowest BCUT2D eigenvalue weighted by Crippen LogP contribution is -2.36. The van der Waals surface area contributed by atoms with Gasteiger partial charge in [0, 0.05) is 18.0 Å². The Hall–Kier alpha value is -1.40. The first kappa shape index (κ1) is 13.0. The standard InChI is InChI=1S/C12H17N3O2S/c1-2-3-4-8-7-9-10(18-8)14-12(17)15(6-5-13)11(9)16/h7H,2-6,13H2,1H3,(H,14,17). The molecule has 6 heteroatoms. The second-order valence-electron chi connectivity index (χ2n) is 4.23. The third kappa shape index (κ3) is 2.39. The van der Waals surface area contributed by atoms with Gasteiger partial charge in [-0.3, -0.25) is 14.3 Å². The maximum absolute atomic E-state index is 12.1. The van der Waals surface area contributed by atoms with Crippen molar-refractivity contribution in [1.82, 2.24) is 9.55 Å². The van der Waals surface area contributed by atoms with Crippen LogP contribution in [0.15, 0.2) is 15.7 Å². The Morgan fingerprint density at radius 2 is 2.22 bits per heavy atom. The summed E-state index contributed by atoms with van der Waals surface area (Å²) < 4.78 is 1.17. The first-order valence-corrected chi connectivity index (χ1v) is 6.94. The Balaban J connectivity index is 2.53. The molecule has 5 nitrogen and oxygen atoms in total. The highest BCUT2D eigenvalue weighted by Crippen LogP contribution is 2.21. The number of fused-ring (bicyclic) bond motifs is 1. The molecule has 2 aromatic rings. The molecule has 98 valence electrons. The molecule has 0 amide bonds. The van der Waals surface area contributed by atoms with Crippen LogP contribution in [-0.4, -0.2) is 16.1 Å². The van der Waals surface area contributed by atoms with Crippen LogP contribution in [0.25, 0.3) is 10.2 Å². The largest absolute Gasteiger partial charge is 0.329 e. The van der Waals surface area contributed by atoms with Gasteiger partial charge in [0.25, 0.3) is 5.56 Å². The van der Waals surface area contributed by atoms with E-state index in [0.29, 0.717) is 10.2 Å². The van der Waals surface area contributed by atoms with Crippen molar-refractivity contribution < 1.29 is 0 Å². The number of rotatable bonds is 5. The Kier molecular flexibility index (Phi) is 3.98. The van der Waals surface area contributed by atoms with E-state index in [9.17, 15) is 9.59 Å². The van der Waals surface area contributed by atoms with Crippen molar-refractivity contribution in [1.29, 1.82) is 0 Å². The topological polar surface area (TPSA) is 80.9 Å². The molecule has 2 aromatic heterocycles. The zero-order chi connectivity index (χ0) is 13.1. The third-order valence-electron chi connectivity index (χ3n) is 2.85. The summed E-state index contributed by atoms with van der Waals surface area (Å²) in [6, 6.07) is 1.89. The van der Waals surface area contributed by atoms with E-state index in [1.807, 2.05) is 6.07 Å². The molecule has 3 N–H and O–H groups in total. The Bertz CT molecular complexity index is 653. The van der Waals surface area contributed by atoms with Gasteiger partial charge in [-0.1, -0.05) is 13.3 Å². The van der Waals surface area contributed by atoms with E-state index in [1.165, 1.54) is 15.9 Å². The molecule has 0 aromatic carbocycles. The molecule has 18 heavy (non-hydrogen) atoms. The SMILES string of the molecule is CCCCc1cc2c(=O)n(CCN)c(=O)[nH]c2s1. The number of aromatic amines is 1. The summed E-state index contributed by atoms with van der Waals surface area (Å²) in [6.45, 7) is 2.66. The van der Waals surface area contributed by atoms with E-state index >= 15 is 0 Å². The number of unbranched alkanes of at least 4 members (excludes halogenated alkanes) is 1. The van der Waals surface area contributed by atoms with Crippen molar-refractivity contribution in [2.24, 2.45) is 5.73 Å². The average molecular weight is 267 g/mol. The summed E-state index contributed by atoms with van der Waals surface area (Å²) in [6.07, 6.45) is 3.16. The zero-order valence-electron chi connectivity index (χ0n) is 10.4. The van der Waals surface area contributed by atoms with Gasteiger partial charge in [0.05, 0.1) is 5.39 Å². The highest BCUT2D eigenvalue weighted by molar-refractivity contribution is 7.18. The second kappa shape index (κ2) is 5.49. The normalized spacial score (nSPS) is 11.2. The van der Waals surface area contributed by atoms with Crippen LogP contribution in [0, 0.1) is 0 Å².